The van der Waals surface area contributed by atoms with Gasteiger partial charge in [-0.05, 0) is 60.2 Å². The quantitative estimate of drug-likeness (QED) is 0.213. The van der Waals surface area contributed by atoms with Gasteiger partial charge in [-0.15, -0.1) is 5.10 Å². The van der Waals surface area contributed by atoms with E-state index in [-0.39, 0.29) is 10.1 Å². The highest BCUT2D eigenvalue weighted by atomic mass is 32.2. The lowest BCUT2D eigenvalue weighted by atomic mass is 10.1. The van der Waals surface area contributed by atoms with Gasteiger partial charge in [0.1, 0.15) is 28.8 Å². The third-order valence-electron chi connectivity index (χ3n) is 5.21. The monoisotopic (exact) mass is 503 g/mol. The maximum absolute atomic E-state index is 11.9. The number of H-pyrrole nitrogens is 1. The number of carboxylic acids is 1. The van der Waals surface area contributed by atoms with E-state index in [1.165, 1.54) is 5.56 Å². The Morgan fingerprint density at radius 3 is 2.25 bits per heavy atom. The summed E-state index contributed by atoms with van der Waals surface area (Å²) in [4.78, 5) is 16.4. The molecular weight excluding hydrogens is 478 g/mol. The molecule has 8 nitrogen and oxygen atoms in total. The van der Waals surface area contributed by atoms with Gasteiger partial charge in [0.25, 0.3) is 0 Å². The Balaban J connectivity index is 1.45. The fourth-order valence-electron chi connectivity index (χ4n) is 3.26. The normalized spacial score (nSPS) is 11.2. The molecule has 0 unspecified atom stereocenters. The number of methoxy groups -OCH3 is 2. The summed E-state index contributed by atoms with van der Waals surface area (Å²) in [7, 11) is 3.12. The SMILES string of the molecule is COc1cc(OC)cc(-c2nc(S/C(=C\c3ccc(OCc4ccc(C)cc4)cc3)C(=O)O)n[nH]2)c1. The molecule has 3 aromatic carbocycles. The molecule has 0 bridgehead atoms. The first-order valence-corrected chi connectivity index (χ1v) is 11.8. The van der Waals surface area contributed by atoms with Crippen LogP contribution in [-0.2, 0) is 11.4 Å². The van der Waals surface area contributed by atoms with E-state index < -0.39 is 5.97 Å². The molecule has 0 atom stereocenters. The molecule has 0 amide bonds. The Morgan fingerprint density at radius 2 is 1.64 bits per heavy atom. The number of nitrogens with zero attached hydrogens (tertiary/aromatic N) is 2. The Bertz CT molecular complexity index is 1340. The highest BCUT2D eigenvalue weighted by Crippen LogP contribution is 2.31. The topological polar surface area (TPSA) is 107 Å². The van der Waals surface area contributed by atoms with Gasteiger partial charge in [0, 0.05) is 11.6 Å². The van der Waals surface area contributed by atoms with Crippen LogP contribution in [0.3, 0.4) is 0 Å². The van der Waals surface area contributed by atoms with Crippen molar-refractivity contribution in [2.75, 3.05) is 14.2 Å². The van der Waals surface area contributed by atoms with Crippen LogP contribution in [0.2, 0.25) is 0 Å². The van der Waals surface area contributed by atoms with Gasteiger partial charge in [0.15, 0.2) is 5.82 Å². The molecule has 184 valence electrons. The van der Waals surface area contributed by atoms with E-state index in [9.17, 15) is 9.90 Å². The fraction of sp³-hybridized carbons (Fsp3) is 0.148. The summed E-state index contributed by atoms with van der Waals surface area (Å²) in [5, 5.41) is 17.0. The fourth-order valence-corrected chi connectivity index (χ4v) is 3.97. The van der Waals surface area contributed by atoms with Gasteiger partial charge in [-0.2, -0.15) is 0 Å². The summed E-state index contributed by atoms with van der Waals surface area (Å²) in [5.74, 6) is 1.30. The highest BCUT2D eigenvalue weighted by molar-refractivity contribution is 8.04. The van der Waals surface area contributed by atoms with Crippen molar-refractivity contribution in [1.29, 1.82) is 0 Å². The molecule has 0 saturated carbocycles. The van der Waals surface area contributed by atoms with E-state index >= 15 is 0 Å². The molecule has 0 spiro atoms. The Hall–Kier alpha value is -4.24. The van der Waals surface area contributed by atoms with Crippen LogP contribution in [0.25, 0.3) is 17.5 Å². The number of hydrogen-bond donors (Lipinski definition) is 2. The van der Waals surface area contributed by atoms with Gasteiger partial charge in [0.05, 0.1) is 14.2 Å². The molecule has 2 N–H and O–H groups in total. The highest BCUT2D eigenvalue weighted by Gasteiger charge is 2.15. The van der Waals surface area contributed by atoms with Gasteiger partial charge < -0.3 is 19.3 Å². The van der Waals surface area contributed by atoms with Crippen LogP contribution in [0.1, 0.15) is 16.7 Å². The first kappa shape index (κ1) is 24.9. The minimum Gasteiger partial charge on any atom is -0.497 e. The Kier molecular flexibility index (Phi) is 7.92. The van der Waals surface area contributed by atoms with Crippen LogP contribution < -0.4 is 14.2 Å². The van der Waals surface area contributed by atoms with Crippen molar-refractivity contribution < 1.29 is 24.1 Å². The molecule has 9 heteroatoms. The standard InChI is InChI=1S/C27H25N3O5S/c1-17-4-6-19(7-5-17)16-35-21-10-8-18(9-11-21)12-24(26(31)32)36-27-28-25(29-30-27)20-13-22(33-2)15-23(14-20)34-3/h4-15H,16H2,1-3H3,(H,31,32)(H,28,29,30)/b24-12-. The Labute approximate surface area is 213 Å². The Morgan fingerprint density at radius 1 is 0.972 bits per heavy atom. The second-order valence-electron chi connectivity index (χ2n) is 7.83. The molecule has 1 aromatic heterocycles. The van der Waals surface area contributed by atoms with E-state index in [2.05, 4.69) is 15.2 Å². The van der Waals surface area contributed by atoms with Gasteiger partial charge in [-0.3, -0.25) is 5.10 Å². The summed E-state index contributed by atoms with van der Waals surface area (Å²) in [5.41, 5.74) is 3.69. The number of ether oxygens (including phenoxy) is 3. The summed E-state index contributed by atoms with van der Waals surface area (Å²) >= 11 is 0.954. The average molecular weight is 504 g/mol. The average Bonchev–Trinajstić information content (AvgIpc) is 3.37. The van der Waals surface area contributed by atoms with Crippen LogP contribution in [0.4, 0.5) is 0 Å². The van der Waals surface area contributed by atoms with Crippen molar-refractivity contribution in [3.05, 3.63) is 88.3 Å². The lowest BCUT2D eigenvalue weighted by Crippen LogP contribution is -1.97. The van der Waals surface area contributed by atoms with Crippen molar-refractivity contribution in [3.8, 4) is 28.6 Å². The van der Waals surface area contributed by atoms with E-state index in [1.54, 1.807) is 50.6 Å². The van der Waals surface area contributed by atoms with Gasteiger partial charge in [-0.25, -0.2) is 9.78 Å². The zero-order valence-electron chi connectivity index (χ0n) is 20.0. The van der Waals surface area contributed by atoms with E-state index in [1.807, 2.05) is 43.3 Å². The molecule has 0 aliphatic rings. The lowest BCUT2D eigenvalue weighted by Gasteiger charge is -2.07. The van der Waals surface area contributed by atoms with Crippen molar-refractivity contribution in [1.82, 2.24) is 15.2 Å². The van der Waals surface area contributed by atoms with Gasteiger partial charge in [0.2, 0.25) is 5.16 Å². The number of carboxylic acid groups (broad SMARTS) is 1. The number of aromatic nitrogens is 3. The number of carbonyl (C=O) groups is 1. The zero-order chi connectivity index (χ0) is 25.5. The van der Waals surface area contributed by atoms with Crippen LogP contribution in [-0.4, -0.2) is 40.5 Å². The van der Waals surface area contributed by atoms with Gasteiger partial charge >= 0.3 is 5.97 Å². The molecule has 0 aliphatic carbocycles. The molecule has 4 aromatic rings. The number of nitrogens with one attached hydrogen (secondary N) is 1. The third kappa shape index (κ3) is 6.45. The lowest BCUT2D eigenvalue weighted by molar-refractivity contribution is -0.131. The van der Waals surface area contributed by atoms with Crippen LogP contribution in [0.15, 0.2) is 76.8 Å². The number of rotatable bonds is 10. The first-order valence-electron chi connectivity index (χ1n) is 11.0. The molecule has 0 radical (unpaired) electrons. The summed E-state index contributed by atoms with van der Waals surface area (Å²) in [6.07, 6.45) is 1.57. The first-order chi connectivity index (χ1) is 17.4. The largest absolute Gasteiger partial charge is 0.497 e. The predicted molar refractivity (Wildman–Crippen MR) is 138 cm³/mol. The van der Waals surface area contributed by atoms with E-state index in [0.29, 0.717) is 35.2 Å². The van der Waals surface area contributed by atoms with Crippen molar-refractivity contribution in [2.45, 2.75) is 18.7 Å². The van der Waals surface area contributed by atoms with E-state index in [0.717, 1.165) is 22.9 Å². The predicted octanol–water partition coefficient (Wildman–Crippen LogP) is 5.59. The van der Waals surface area contributed by atoms with Crippen LogP contribution >= 0.6 is 11.8 Å². The van der Waals surface area contributed by atoms with Gasteiger partial charge in [-0.1, -0.05) is 42.0 Å². The second kappa shape index (κ2) is 11.5. The number of aliphatic carboxylic acids is 1. The van der Waals surface area contributed by atoms with Crippen molar-refractivity contribution in [3.63, 3.8) is 0 Å². The molecule has 0 saturated heterocycles. The maximum Gasteiger partial charge on any atom is 0.342 e. The summed E-state index contributed by atoms with van der Waals surface area (Å²) < 4.78 is 16.4. The smallest absolute Gasteiger partial charge is 0.342 e. The van der Waals surface area contributed by atoms with E-state index in [4.69, 9.17) is 14.2 Å². The number of aryl methyl sites for hydroxylation is 1. The van der Waals surface area contributed by atoms with Crippen molar-refractivity contribution >= 4 is 23.8 Å². The third-order valence-corrected chi connectivity index (χ3v) is 6.08. The summed E-state index contributed by atoms with van der Waals surface area (Å²) in [6, 6.07) is 20.7. The van der Waals surface area contributed by atoms with Crippen LogP contribution in [0, 0.1) is 6.92 Å². The maximum atomic E-state index is 11.9. The summed E-state index contributed by atoms with van der Waals surface area (Å²) in [6.45, 7) is 2.50. The second-order valence-corrected chi connectivity index (χ2v) is 8.84. The minimum absolute atomic E-state index is 0.0806. The zero-order valence-corrected chi connectivity index (χ0v) is 20.8. The molecular formula is C27H25N3O5S. The molecule has 0 aliphatic heterocycles. The minimum atomic E-state index is -1.07. The van der Waals surface area contributed by atoms with Crippen molar-refractivity contribution in [2.24, 2.45) is 0 Å². The number of thioether (sulfide) groups is 1. The molecule has 36 heavy (non-hydrogen) atoms. The number of aromatic amines is 1. The molecule has 1 heterocycles. The molecule has 4 rings (SSSR count). The number of benzene rings is 3. The molecule has 0 fully saturated rings. The van der Waals surface area contributed by atoms with Crippen LogP contribution in [0.5, 0.6) is 17.2 Å². The number of hydrogen-bond acceptors (Lipinski definition) is 7.